The number of carbonyl (C=O) groups excluding carboxylic acids is 2. The summed E-state index contributed by atoms with van der Waals surface area (Å²) in [5, 5.41) is 8.29. The van der Waals surface area contributed by atoms with Crippen LogP contribution >= 0.6 is 11.6 Å². The minimum Gasteiger partial charge on any atom is -0.495 e. The van der Waals surface area contributed by atoms with Gasteiger partial charge in [0.15, 0.2) is 11.2 Å². The van der Waals surface area contributed by atoms with Crippen LogP contribution in [0.1, 0.15) is 52.0 Å². The molecular formula is C29H30ClFN4O4S. The van der Waals surface area contributed by atoms with Crippen molar-refractivity contribution in [1.29, 1.82) is 0 Å². The molecule has 2 aliphatic rings. The number of methoxy groups -OCH3 is 1. The summed E-state index contributed by atoms with van der Waals surface area (Å²) in [5.74, 6) is -1.09. The molecule has 1 unspecified atom stereocenters. The molecule has 1 aliphatic heterocycles. The summed E-state index contributed by atoms with van der Waals surface area (Å²) < 4.78 is 33.7. The first-order valence-electron chi connectivity index (χ1n) is 12.9. The van der Waals surface area contributed by atoms with E-state index in [0.29, 0.717) is 17.8 Å². The number of benzene rings is 3. The Morgan fingerprint density at radius 2 is 1.95 bits per heavy atom. The van der Waals surface area contributed by atoms with Gasteiger partial charge in [-0.2, -0.15) is 0 Å². The lowest BCUT2D eigenvalue weighted by Crippen LogP contribution is -2.35. The predicted octanol–water partition coefficient (Wildman–Crippen LogP) is 5.00. The molecule has 1 saturated carbocycles. The third kappa shape index (κ3) is 5.90. The minimum absolute atomic E-state index is 0.0129. The Labute approximate surface area is 239 Å². The molecule has 11 heteroatoms. The molecule has 3 atom stereocenters. The van der Waals surface area contributed by atoms with Gasteiger partial charge in [-0.1, -0.05) is 29.8 Å². The number of nitrogens with zero attached hydrogens (tertiary/aromatic N) is 1. The van der Waals surface area contributed by atoms with Gasteiger partial charge < -0.3 is 15.0 Å². The van der Waals surface area contributed by atoms with Gasteiger partial charge in [0, 0.05) is 23.8 Å². The van der Waals surface area contributed by atoms with Gasteiger partial charge >= 0.3 is 0 Å². The van der Waals surface area contributed by atoms with Gasteiger partial charge in [-0.05, 0) is 85.5 Å². The zero-order valence-corrected chi connectivity index (χ0v) is 23.5. The fraction of sp³-hybridized carbons (Fsp3) is 0.310. The van der Waals surface area contributed by atoms with Crippen molar-refractivity contribution < 1.29 is 22.9 Å². The van der Waals surface area contributed by atoms with E-state index in [9.17, 15) is 18.2 Å². The summed E-state index contributed by atoms with van der Waals surface area (Å²) in [4.78, 5) is 28.5. The molecule has 8 nitrogen and oxygen atoms in total. The van der Waals surface area contributed by atoms with Crippen LogP contribution in [0, 0.1) is 11.2 Å². The smallest absolute Gasteiger partial charge is 0.258 e. The fourth-order valence-corrected chi connectivity index (χ4v) is 6.63. The topological polar surface area (TPSA) is 114 Å². The molecule has 0 bridgehead atoms. The molecule has 5 rings (SSSR count). The highest BCUT2D eigenvalue weighted by atomic mass is 35.5. The highest BCUT2D eigenvalue weighted by Gasteiger charge is 2.42. The van der Waals surface area contributed by atoms with Gasteiger partial charge in [0.05, 0.1) is 23.4 Å². The number of nitrogens with one attached hydrogen (secondary N) is 2. The van der Waals surface area contributed by atoms with E-state index in [2.05, 4.69) is 16.1 Å². The second kappa shape index (κ2) is 11.7. The van der Waals surface area contributed by atoms with Crippen molar-refractivity contribution >= 4 is 46.0 Å². The number of hydrogen-bond donors (Lipinski definition) is 3. The van der Waals surface area contributed by atoms with Crippen molar-refractivity contribution in [2.75, 3.05) is 23.9 Å². The lowest BCUT2D eigenvalue weighted by atomic mass is 9.77. The van der Waals surface area contributed by atoms with Crippen LogP contribution in [-0.2, 0) is 17.6 Å². The molecule has 1 aliphatic carbocycles. The monoisotopic (exact) mass is 584 g/mol. The Bertz CT molecular complexity index is 1490. The van der Waals surface area contributed by atoms with Crippen molar-refractivity contribution in [3.05, 3.63) is 88.2 Å². The van der Waals surface area contributed by atoms with Gasteiger partial charge in [-0.15, -0.1) is 0 Å². The normalized spacial score (nSPS) is 21.0. The van der Waals surface area contributed by atoms with Crippen LogP contribution < -0.4 is 24.8 Å². The lowest BCUT2D eigenvalue weighted by molar-refractivity contribution is 0.0983. The Morgan fingerprint density at radius 1 is 1.15 bits per heavy atom. The minimum atomic E-state index is -1.56. The van der Waals surface area contributed by atoms with Crippen LogP contribution in [0.5, 0.6) is 5.75 Å². The molecule has 1 fully saturated rings. The van der Waals surface area contributed by atoms with E-state index in [1.165, 1.54) is 19.2 Å². The van der Waals surface area contributed by atoms with Crippen molar-refractivity contribution in [3.63, 3.8) is 0 Å². The van der Waals surface area contributed by atoms with Crippen LogP contribution in [0.2, 0.25) is 5.02 Å². The molecule has 3 aromatic carbocycles. The first kappa shape index (κ1) is 28.2. The highest BCUT2D eigenvalue weighted by Crippen LogP contribution is 2.47. The number of rotatable bonds is 6. The first-order chi connectivity index (χ1) is 19.2. The van der Waals surface area contributed by atoms with Crippen molar-refractivity contribution in [2.45, 2.75) is 38.1 Å². The lowest BCUT2D eigenvalue weighted by Gasteiger charge is -2.28. The largest absolute Gasteiger partial charge is 0.495 e. The van der Waals surface area contributed by atoms with Crippen LogP contribution in [0.25, 0.3) is 0 Å². The van der Waals surface area contributed by atoms with Crippen molar-refractivity contribution in [1.82, 2.24) is 4.72 Å². The van der Waals surface area contributed by atoms with E-state index in [4.69, 9.17) is 21.5 Å². The summed E-state index contributed by atoms with van der Waals surface area (Å²) in [6.45, 7) is 0.521. The molecule has 4 N–H and O–H groups in total. The summed E-state index contributed by atoms with van der Waals surface area (Å²) in [5.41, 5.74) is 2.63. The average Bonchev–Trinajstić information content (AvgIpc) is 3.23. The van der Waals surface area contributed by atoms with E-state index in [1.807, 2.05) is 18.2 Å². The number of fused-ring (bicyclic) bond motifs is 1. The molecule has 2 amide bonds. The number of halogens is 2. The maximum atomic E-state index is 13.9. The van der Waals surface area contributed by atoms with Gasteiger partial charge in [0.1, 0.15) is 11.6 Å². The van der Waals surface area contributed by atoms with Crippen molar-refractivity contribution in [3.8, 4) is 5.75 Å². The Kier molecular flexibility index (Phi) is 8.23. The molecule has 0 saturated heterocycles. The van der Waals surface area contributed by atoms with E-state index < -0.39 is 22.9 Å². The number of amides is 2. The van der Waals surface area contributed by atoms with Crippen molar-refractivity contribution in [2.24, 2.45) is 10.6 Å². The molecule has 210 valence electrons. The number of para-hydroxylation sites is 1. The second-order valence-corrected chi connectivity index (χ2v) is 11.6. The van der Waals surface area contributed by atoms with Crippen LogP contribution in [0.15, 0.2) is 60.7 Å². The quantitative estimate of drug-likeness (QED) is 0.378. The van der Waals surface area contributed by atoms with Gasteiger partial charge in [-0.3, -0.25) is 9.59 Å². The summed E-state index contributed by atoms with van der Waals surface area (Å²) in [6.07, 6.45) is 4.28. The molecule has 40 heavy (non-hydrogen) atoms. The van der Waals surface area contributed by atoms with Crippen LogP contribution in [-0.4, -0.2) is 35.7 Å². The third-order valence-corrected chi connectivity index (χ3v) is 8.71. The number of hydrogen-bond acceptors (Lipinski definition) is 4. The summed E-state index contributed by atoms with van der Waals surface area (Å²) >= 11 is 4.52. The number of anilines is 2. The van der Waals surface area contributed by atoms with E-state index in [1.54, 1.807) is 23.1 Å². The van der Waals surface area contributed by atoms with E-state index in [0.717, 1.165) is 49.4 Å². The Balaban J connectivity index is 1.39. The maximum absolute atomic E-state index is 13.9. The predicted molar refractivity (Wildman–Crippen MR) is 154 cm³/mol. The SMILES string of the molecule is COc1cc(C(=O)N2CC[C@@]3(CC[C@@H](NS(N)=O)C3)Cc3ccccc32)ccc1NC(=O)c1cc(F)ccc1Cl. The first-order valence-corrected chi connectivity index (χ1v) is 14.5. The van der Waals surface area contributed by atoms with E-state index in [-0.39, 0.29) is 33.7 Å². The molecule has 0 radical (unpaired) electrons. The number of ether oxygens (including phenoxy) is 1. The molecule has 3 aromatic rings. The van der Waals surface area contributed by atoms with Gasteiger partial charge in [0.2, 0.25) is 0 Å². The van der Waals surface area contributed by atoms with Gasteiger partial charge in [0.25, 0.3) is 11.8 Å². The standard InChI is InChI=1S/C29H30ClFN4O4S/c1-39-26-14-18(6-9-24(26)33-27(36)22-15-20(31)7-8-23(22)30)28(37)35-13-12-29(11-10-21(17-29)34-40(32)38)16-19-4-2-3-5-25(19)35/h2-9,14-15,21,34H,10-13,16-17,32H2,1H3,(H,33,36)/t21-,29+,40?/m1/s1. The highest BCUT2D eigenvalue weighted by molar-refractivity contribution is 7.80. The zero-order valence-electron chi connectivity index (χ0n) is 21.9. The summed E-state index contributed by atoms with van der Waals surface area (Å²) in [6, 6.07) is 16.3. The van der Waals surface area contributed by atoms with Crippen LogP contribution in [0.4, 0.5) is 15.8 Å². The second-order valence-electron chi connectivity index (χ2n) is 10.4. The van der Waals surface area contributed by atoms with Crippen LogP contribution in [0.3, 0.4) is 0 Å². The molecule has 1 spiro atoms. The number of carbonyl (C=O) groups is 2. The fourth-order valence-electron chi connectivity index (χ4n) is 5.90. The van der Waals surface area contributed by atoms with Gasteiger partial charge in [-0.25, -0.2) is 18.5 Å². The molecular weight excluding hydrogens is 555 g/mol. The maximum Gasteiger partial charge on any atom is 0.258 e. The Hall–Kier alpha value is -3.31. The molecule has 0 aromatic heterocycles. The Morgan fingerprint density at radius 3 is 2.73 bits per heavy atom. The molecule has 1 heterocycles. The zero-order chi connectivity index (χ0) is 28.4. The third-order valence-electron chi connectivity index (χ3n) is 7.81. The number of nitrogens with two attached hydrogens (primary N) is 1. The average molecular weight is 585 g/mol. The summed E-state index contributed by atoms with van der Waals surface area (Å²) in [7, 11) is 1.44. The van der Waals surface area contributed by atoms with E-state index >= 15 is 0 Å².